The van der Waals surface area contributed by atoms with E-state index in [1.807, 2.05) is 6.92 Å². The van der Waals surface area contributed by atoms with Gasteiger partial charge in [-0.15, -0.1) is 0 Å². The average Bonchev–Trinajstić information content (AvgIpc) is 2.34. The molecule has 1 rings (SSSR count). The highest BCUT2D eigenvalue weighted by Gasteiger charge is 2.04. The number of hydrogen-bond donors (Lipinski definition) is 2. The Balaban J connectivity index is 2.29. The fourth-order valence-corrected chi connectivity index (χ4v) is 1.45. The lowest BCUT2D eigenvalue weighted by Crippen LogP contribution is -2.30. The molecule has 0 saturated heterocycles. The maximum atomic E-state index is 12.9. The molecule has 0 aliphatic rings. The Kier molecular flexibility index (Phi) is 6.46. The van der Waals surface area contributed by atoms with E-state index < -0.39 is 5.82 Å². The van der Waals surface area contributed by atoms with Crippen LogP contribution in [0.4, 0.5) is 14.9 Å². The fraction of sp³-hybridized carbons (Fsp3) is 0.417. The van der Waals surface area contributed by atoms with E-state index in [4.69, 9.17) is 16.3 Å². The van der Waals surface area contributed by atoms with Gasteiger partial charge in [-0.2, -0.15) is 0 Å². The SMILES string of the molecule is CCOCCCNC(=O)Nc1ccc(F)c(Cl)c1. The van der Waals surface area contributed by atoms with Crippen LogP contribution in [0.15, 0.2) is 18.2 Å². The standard InChI is InChI=1S/C12H16ClFN2O2/c1-2-18-7-3-6-15-12(17)16-9-4-5-11(14)10(13)8-9/h4-5,8H,2-3,6-7H2,1H3,(H2,15,16,17). The highest BCUT2D eigenvalue weighted by atomic mass is 35.5. The van der Waals surface area contributed by atoms with Crippen molar-refractivity contribution in [3.63, 3.8) is 0 Å². The lowest BCUT2D eigenvalue weighted by molar-refractivity contribution is 0.145. The Bertz CT molecular complexity index is 402. The molecule has 0 spiro atoms. The lowest BCUT2D eigenvalue weighted by Gasteiger charge is -2.08. The summed E-state index contributed by atoms with van der Waals surface area (Å²) in [5.74, 6) is -0.515. The van der Waals surface area contributed by atoms with E-state index in [2.05, 4.69) is 10.6 Å². The summed E-state index contributed by atoms with van der Waals surface area (Å²) in [6.45, 7) is 3.71. The molecule has 4 nitrogen and oxygen atoms in total. The molecule has 2 amide bonds. The highest BCUT2D eigenvalue weighted by molar-refractivity contribution is 6.31. The van der Waals surface area contributed by atoms with Crippen molar-refractivity contribution >= 4 is 23.3 Å². The van der Waals surface area contributed by atoms with Gasteiger partial charge in [-0.3, -0.25) is 0 Å². The molecule has 1 aromatic carbocycles. The van der Waals surface area contributed by atoms with Crippen molar-refractivity contribution in [2.24, 2.45) is 0 Å². The van der Waals surface area contributed by atoms with E-state index >= 15 is 0 Å². The van der Waals surface area contributed by atoms with Crippen LogP contribution in [0.2, 0.25) is 5.02 Å². The third-order valence-electron chi connectivity index (χ3n) is 2.13. The zero-order chi connectivity index (χ0) is 13.4. The molecule has 100 valence electrons. The van der Waals surface area contributed by atoms with Crippen molar-refractivity contribution in [3.05, 3.63) is 29.0 Å². The Labute approximate surface area is 110 Å². The molecule has 6 heteroatoms. The number of anilines is 1. The minimum absolute atomic E-state index is 0.0239. The lowest BCUT2D eigenvalue weighted by atomic mass is 10.3. The summed E-state index contributed by atoms with van der Waals surface area (Å²) >= 11 is 5.60. The number of amides is 2. The van der Waals surface area contributed by atoms with Crippen LogP contribution in [0.25, 0.3) is 0 Å². The molecular formula is C12H16ClFN2O2. The minimum atomic E-state index is -0.515. The Hall–Kier alpha value is -1.33. The molecule has 0 heterocycles. The zero-order valence-electron chi connectivity index (χ0n) is 10.1. The molecule has 18 heavy (non-hydrogen) atoms. The molecule has 0 unspecified atom stereocenters. The first kappa shape index (κ1) is 14.7. The summed E-state index contributed by atoms with van der Waals surface area (Å²) < 4.78 is 18.0. The summed E-state index contributed by atoms with van der Waals surface area (Å²) in [4.78, 5) is 11.4. The number of carbonyl (C=O) groups excluding carboxylic acids is 1. The van der Waals surface area contributed by atoms with Crippen LogP contribution in [0, 0.1) is 5.82 Å². The van der Waals surface area contributed by atoms with Gasteiger partial charge >= 0.3 is 6.03 Å². The Morgan fingerprint density at radius 2 is 2.28 bits per heavy atom. The number of carbonyl (C=O) groups is 1. The molecule has 0 radical (unpaired) electrons. The Morgan fingerprint density at radius 1 is 1.50 bits per heavy atom. The van der Waals surface area contributed by atoms with E-state index in [1.54, 1.807) is 0 Å². The van der Waals surface area contributed by atoms with Crippen molar-refractivity contribution in [3.8, 4) is 0 Å². The third-order valence-corrected chi connectivity index (χ3v) is 2.42. The van der Waals surface area contributed by atoms with Crippen LogP contribution in [0.3, 0.4) is 0 Å². The monoisotopic (exact) mass is 274 g/mol. The van der Waals surface area contributed by atoms with Crippen molar-refractivity contribution < 1.29 is 13.9 Å². The van der Waals surface area contributed by atoms with Crippen LogP contribution < -0.4 is 10.6 Å². The normalized spacial score (nSPS) is 10.2. The summed E-state index contributed by atoms with van der Waals surface area (Å²) in [5.41, 5.74) is 0.448. The van der Waals surface area contributed by atoms with E-state index in [0.29, 0.717) is 25.4 Å². The summed E-state index contributed by atoms with van der Waals surface area (Å²) in [5, 5.41) is 5.19. The molecule has 0 aliphatic heterocycles. The van der Waals surface area contributed by atoms with Crippen molar-refractivity contribution in [1.82, 2.24) is 5.32 Å². The first-order valence-corrected chi connectivity index (χ1v) is 6.09. The Morgan fingerprint density at radius 3 is 2.94 bits per heavy atom. The molecule has 0 aliphatic carbocycles. The fourth-order valence-electron chi connectivity index (χ4n) is 1.27. The summed E-state index contributed by atoms with van der Waals surface area (Å²) in [7, 11) is 0. The molecule has 0 atom stereocenters. The van der Waals surface area contributed by atoms with Gasteiger partial charge in [0, 0.05) is 25.4 Å². The van der Waals surface area contributed by atoms with Gasteiger partial charge in [0.05, 0.1) is 5.02 Å². The molecular weight excluding hydrogens is 259 g/mol. The first-order valence-electron chi connectivity index (χ1n) is 5.71. The van der Waals surface area contributed by atoms with Crippen LogP contribution in [-0.2, 0) is 4.74 Å². The van der Waals surface area contributed by atoms with Crippen molar-refractivity contribution in [2.75, 3.05) is 25.1 Å². The molecule has 1 aromatic rings. The third kappa shape index (κ3) is 5.33. The molecule has 0 bridgehead atoms. The van der Waals surface area contributed by atoms with E-state index in [-0.39, 0.29) is 11.1 Å². The van der Waals surface area contributed by atoms with Gasteiger partial charge in [-0.05, 0) is 31.5 Å². The quantitative estimate of drug-likeness (QED) is 0.784. The van der Waals surface area contributed by atoms with Gasteiger partial charge < -0.3 is 15.4 Å². The number of hydrogen-bond acceptors (Lipinski definition) is 2. The topological polar surface area (TPSA) is 50.4 Å². The predicted octanol–water partition coefficient (Wildman–Crippen LogP) is 3.03. The van der Waals surface area contributed by atoms with Crippen molar-refractivity contribution in [2.45, 2.75) is 13.3 Å². The average molecular weight is 275 g/mol. The van der Waals surface area contributed by atoms with Gasteiger partial charge in [0.2, 0.25) is 0 Å². The largest absolute Gasteiger partial charge is 0.382 e. The second-order valence-electron chi connectivity index (χ2n) is 3.56. The van der Waals surface area contributed by atoms with Gasteiger partial charge in [0.1, 0.15) is 5.82 Å². The molecule has 2 N–H and O–H groups in total. The number of urea groups is 1. The van der Waals surface area contributed by atoms with E-state index in [1.165, 1.54) is 18.2 Å². The number of nitrogens with one attached hydrogen (secondary N) is 2. The van der Waals surface area contributed by atoms with E-state index in [0.717, 1.165) is 6.42 Å². The maximum absolute atomic E-state index is 12.9. The first-order chi connectivity index (χ1) is 8.63. The highest BCUT2D eigenvalue weighted by Crippen LogP contribution is 2.19. The minimum Gasteiger partial charge on any atom is -0.382 e. The number of halogens is 2. The second-order valence-corrected chi connectivity index (χ2v) is 3.97. The van der Waals surface area contributed by atoms with E-state index in [9.17, 15) is 9.18 Å². The predicted molar refractivity (Wildman–Crippen MR) is 69.5 cm³/mol. The second kappa shape index (κ2) is 7.89. The smallest absolute Gasteiger partial charge is 0.319 e. The van der Waals surface area contributed by atoms with Gasteiger partial charge in [0.15, 0.2) is 0 Å². The molecule has 0 saturated carbocycles. The number of ether oxygens (including phenoxy) is 1. The van der Waals surface area contributed by atoms with Crippen molar-refractivity contribution in [1.29, 1.82) is 0 Å². The maximum Gasteiger partial charge on any atom is 0.319 e. The zero-order valence-corrected chi connectivity index (χ0v) is 10.9. The number of rotatable bonds is 6. The summed E-state index contributed by atoms with van der Waals surface area (Å²) in [6, 6.07) is 3.65. The molecule has 0 aromatic heterocycles. The van der Waals surface area contributed by atoms with Crippen LogP contribution >= 0.6 is 11.6 Å². The van der Waals surface area contributed by atoms with Crippen LogP contribution in [0.1, 0.15) is 13.3 Å². The van der Waals surface area contributed by atoms with Gasteiger partial charge in [0.25, 0.3) is 0 Å². The van der Waals surface area contributed by atoms with Gasteiger partial charge in [-0.1, -0.05) is 11.6 Å². The van der Waals surface area contributed by atoms with Gasteiger partial charge in [-0.25, -0.2) is 9.18 Å². The van der Waals surface area contributed by atoms with Crippen LogP contribution in [0.5, 0.6) is 0 Å². The summed E-state index contributed by atoms with van der Waals surface area (Å²) in [6.07, 6.45) is 0.742. The number of benzene rings is 1. The van der Waals surface area contributed by atoms with Crippen LogP contribution in [-0.4, -0.2) is 25.8 Å². The molecule has 0 fully saturated rings.